The molecule has 3 aromatic carbocycles. The smallest absolute Gasteiger partial charge is 0.270 e. The molecule has 1 heterocycles. The zero-order chi connectivity index (χ0) is 20.4. The number of allylic oxidation sites excluding steroid dienone is 1. The molecule has 0 aliphatic carbocycles. The number of nitrogens with one attached hydrogen (secondary N) is 1. The first-order valence-corrected chi connectivity index (χ1v) is 10.7. The Balaban J connectivity index is 1.77. The number of anilines is 2. The Morgan fingerprint density at radius 1 is 0.897 bits per heavy atom. The second-order valence-electron chi connectivity index (χ2n) is 6.50. The molecule has 0 saturated heterocycles. The molecule has 0 fully saturated rings. The molecular weight excluding hydrogens is 408 g/mol. The van der Waals surface area contributed by atoms with Gasteiger partial charge in [-0.3, -0.25) is 9.10 Å². The Labute approximate surface area is 174 Å². The van der Waals surface area contributed by atoms with Gasteiger partial charge in [-0.1, -0.05) is 54.1 Å². The van der Waals surface area contributed by atoms with E-state index in [4.69, 9.17) is 11.6 Å². The maximum absolute atomic E-state index is 13.3. The first-order chi connectivity index (χ1) is 14.0. The largest absolute Gasteiger partial charge is 0.360 e. The summed E-state index contributed by atoms with van der Waals surface area (Å²) in [4.78, 5) is 12.7. The summed E-state index contributed by atoms with van der Waals surface area (Å²) in [5.74, 6) is -0.536. The minimum absolute atomic E-state index is 0.131. The number of fused-ring (bicyclic) bond motifs is 1. The molecule has 146 valence electrons. The molecule has 0 unspecified atom stereocenters. The number of rotatable bonds is 4. The SMILES string of the molecule is O=C1C(=CNc2ccc(Cl)cc2)S(=O)(=O)N(Cc2ccccc2)c2ccccc21. The van der Waals surface area contributed by atoms with E-state index in [-0.39, 0.29) is 11.4 Å². The lowest BCUT2D eigenvalue weighted by molar-refractivity contribution is 0.104. The maximum atomic E-state index is 13.3. The number of benzene rings is 3. The van der Waals surface area contributed by atoms with Crippen LogP contribution in [0.2, 0.25) is 5.02 Å². The molecule has 5 nitrogen and oxygen atoms in total. The number of hydrogen-bond donors (Lipinski definition) is 1. The van der Waals surface area contributed by atoms with Gasteiger partial charge in [0.15, 0.2) is 4.91 Å². The average molecular weight is 425 g/mol. The predicted octanol–water partition coefficient (Wildman–Crippen LogP) is 4.83. The number of carbonyl (C=O) groups is 1. The van der Waals surface area contributed by atoms with Gasteiger partial charge in [0, 0.05) is 22.5 Å². The van der Waals surface area contributed by atoms with Gasteiger partial charge in [0.05, 0.1) is 12.2 Å². The van der Waals surface area contributed by atoms with E-state index in [1.54, 1.807) is 48.5 Å². The van der Waals surface area contributed by atoms with Crippen LogP contribution in [0.5, 0.6) is 0 Å². The summed E-state index contributed by atoms with van der Waals surface area (Å²) in [6.07, 6.45) is 1.24. The summed E-state index contributed by atoms with van der Waals surface area (Å²) in [7, 11) is -4.05. The van der Waals surface area contributed by atoms with Crippen molar-refractivity contribution >= 4 is 38.8 Å². The van der Waals surface area contributed by atoms with Gasteiger partial charge in [-0.15, -0.1) is 0 Å². The molecule has 7 heteroatoms. The fraction of sp³-hybridized carbons (Fsp3) is 0.0455. The molecule has 0 radical (unpaired) electrons. The van der Waals surface area contributed by atoms with E-state index in [0.717, 1.165) is 5.56 Å². The van der Waals surface area contributed by atoms with E-state index in [9.17, 15) is 13.2 Å². The van der Waals surface area contributed by atoms with Crippen molar-refractivity contribution in [1.29, 1.82) is 0 Å². The average Bonchev–Trinajstić information content (AvgIpc) is 2.73. The highest BCUT2D eigenvalue weighted by molar-refractivity contribution is 7.97. The molecule has 1 aliphatic heterocycles. The molecule has 29 heavy (non-hydrogen) atoms. The van der Waals surface area contributed by atoms with Crippen LogP contribution in [0.25, 0.3) is 0 Å². The lowest BCUT2D eigenvalue weighted by Gasteiger charge is -2.31. The van der Waals surface area contributed by atoms with Crippen molar-refractivity contribution in [2.75, 3.05) is 9.62 Å². The Morgan fingerprint density at radius 3 is 2.28 bits per heavy atom. The van der Waals surface area contributed by atoms with Gasteiger partial charge < -0.3 is 5.32 Å². The summed E-state index contributed by atoms with van der Waals surface area (Å²) >= 11 is 5.88. The van der Waals surface area contributed by atoms with Gasteiger partial charge in [0.1, 0.15) is 0 Å². The van der Waals surface area contributed by atoms with Crippen LogP contribution >= 0.6 is 11.6 Å². The molecule has 3 aromatic rings. The van der Waals surface area contributed by atoms with Crippen LogP contribution in [-0.4, -0.2) is 14.2 Å². The molecule has 0 aromatic heterocycles. The van der Waals surface area contributed by atoms with E-state index in [0.29, 0.717) is 22.0 Å². The van der Waals surface area contributed by atoms with Crippen molar-refractivity contribution in [2.45, 2.75) is 6.54 Å². The number of carbonyl (C=O) groups excluding carboxylic acids is 1. The minimum atomic E-state index is -4.05. The zero-order valence-corrected chi connectivity index (χ0v) is 16.8. The van der Waals surface area contributed by atoms with Gasteiger partial charge in [-0.2, -0.15) is 0 Å². The second kappa shape index (κ2) is 7.73. The van der Waals surface area contributed by atoms with Crippen molar-refractivity contribution in [2.24, 2.45) is 0 Å². The number of ketones is 1. The quantitative estimate of drug-likeness (QED) is 0.609. The summed E-state index contributed by atoms with van der Waals surface area (Å²) in [5.41, 5.74) is 2.18. The van der Waals surface area contributed by atoms with Crippen LogP contribution < -0.4 is 9.62 Å². The summed E-state index contributed by atoms with van der Waals surface area (Å²) in [6.45, 7) is 0.131. The molecule has 4 rings (SSSR count). The highest BCUT2D eigenvalue weighted by Gasteiger charge is 2.39. The Bertz CT molecular complexity index is 1190. The number of sulfonamides is 1. The highest BCUT2D eigenvalue weighted by Crippen LogP contribution is 2.36. The van der Waals surface area contributed by atoms with Crippen molar-refractivity contribution in [3.05, 3.63) is 106 Å². The van der Waals surface area contributed by atoms with Gasteiger partial charge in [-0.25, -0.2) is 8.42 Å². The van der Waals surface area contributed by atoms with Crippen molar-refractivity contribution in [3.8, 4) is 0 Å². The first-order valence-electron chi connectivity index (χ1n) is 8.89. The lowest BCUT2D eigenvalue weighted by atomic mass is 10.1. The number of hydrogen-bond acceptors (Lipinski definition) is 4. The molecule has 1 N–H and O–H groups in total. The summed E-state index contributed by atoms with van der Waals surface area (Å²) < 4.78 is 28.0. The van der Waals surface area contributed by atoms with Crippen LogP contribution in [0.3, 0.4) is 0 Å². The summed E-state index contributed by atoms with van der Waals surface area (Å²) in [5, 5.41) is 3.46. The third kappa shape index (κ3) is 3.77. The zero-order valence-electron chi connectivity index (χ0n) is 15.2. The third-order valence-corrected chi connectivity index (χ3v) is 6.61. The Kier molecular flexibility index (Phi) is 5.13. The van der Waals surface area contributed by atoms with Gasteiger partial charge in [0.25, 0.3) is 10.0 Å². The van der Waals surface area contributed by atoms with Crippen LogP contribution in [-0.2, 0) is 16.6 Å². The Morgan fingerprint density at radius 2 is 1.55 bits per heavy atom. The van der Waals surface area contributed by atoms with Crippen LogP contribution in [0.4, 0.5) is 11.4 Å². The van der Waals surface area contributed by atoms with Crippen molar-refractivity contribution in [1.82, 2.24) is 0 Å². The van der Waals surface area contributed by atoms with E-state index in [2.05, 4.69) is 5.32 Å². The molecule has 0 saturated carbocycles. The van der Waals surface area contributed by atoms with Crippen molar-refractivity contribution < 1.29 is 13.2 Å². The van der Waals surface area contributed by atoms with Crippen LogP contribution in [0.15, 0.2) is 90.0 Å². The van der Waals surface area contributed by atoms with Crippen molar-refractivity contribution in [3.63, 3.8) is 0 Å². The predicted molar refractivity (Wildman–Crippen MR) is 115 cm³/mol. The van der Waals surface area contributed by atoms with E-state index >= 15 is 0 Å². The van der Waals surface area contributed by atoms with Gasteiger partial charge in [0.2, 0.25) is 5.78 Å². The van der Waals surface area contributed by atoms with E-state index < -0.39 is 15.8 Å². The summed E-state index contributed by atoms with van der Waals surface area (Å²) in [6, 6.07) is 22.8. The molecular formula is C22H17ClN2O3S. The molecule has 0 atom stereocenters. The number of halogens is 1. The fourth-order valence-corrected chi connectivity index (χ4v) is 4.79. The second-order valence-corrected chi connectivity index (χ2v) is 8.77. The topological polar surface area (TPSA) is 66.5 Å². The lowest BCUT2D eigenvalue weighted by Crippen LogP contribution is -2.39. The number of Topliss-reactive ketones (excluding diaryl/α,β-unsaturated/α-hetero) is 1. The van der Waals surface area contributed by atoms with E-state index in [1.165, 1.54) is 10.5 Å². The third-order valence-electron chi connectivity index (χ3n) is 4.59. The molecule has 0 amide bonds. The maximum Gasteiger partial charge on any atom is 0.270 e. The minimum Gasteiger partial charge on any atom is -0.360 e. The fourth-order valence-electron chi connectivity index (χ4n) is 3.14. The van der Waals surface area contributed by atoms with Gasteiger partial charge in [-0.05, 0) is 42.0 Å². The monoisotopic (exact) mass is 424 g/mol. The highest BCUT2D eigenvalue weighted by atomic mass is 35.5. The first kappa shape index (κ1) is 19.2. The molecule has 0 bridgehead atoms. The van der Waals surface area contributed by atoms with Crippen LogP contribution in [0.1, 0.15) is 15.9 Å². The number of para-hydroxylation sites is 1. The molecule has 1 aliphatic rings. The standard InChI is InChI=1S/C22H17ClN2O3S/c23-17-10-12-18(13-11-17)24-14-21-22(26)19-8-4-5-9-20(19)25(29(21,27)28)15-16-6-2-1-3-7-16/h1-14,24H,15H2. The normalized spacial score (nSPS) is 16.5. The van der Waals surface area contributed by atoms with E-state index in [1.807, 2.05) is 30.3 Å². The molecule has 0 spiro atoms. The Hall–Kier alpha value is -3.09. The van der Waals surface area contributed by atoms with Gasteiger partial charge >= 0.3 is 0 Å². The number of nitrogens with zero attached hydrogens (tertiary/aromatic N) is 1. The van der Waals surface area contributed by atoms with Crippen LogP contribution in [0, 0.1) is 0 Å².